The van der Waals surface area contributed by atoms with E-state index in [2.05, 4.69) is 5.32 Å². The third kappa shape index (κ3) is 3.82. The fourth-order valence-electron chi connectivity index (χ4n) is 2.43. The molecule has 0 aliphatic carbocycles. The number of hydrogen-bond acceptors (Lipinski definition) is 5. The Hall–Kier alpha value is -2.81. The monoisotopic (exact) mass is 421 g/mol. The van der Waals surface area contributed by atoms with Crippen molar-refractivity contribution in [2.75, 3.05) is 4.90 Å². The van der Waals surface area contributed by atoms with Gasteiger partial charge in [0.05, 0.1) is 16.2 Å². The number of benzene rings is 2. The van der Waals surface area contributed by atoms with Gasteiger partial charge in [-0.05, 0) is 54.7 Å². The molecule has 10 heteroatoms. The Balaban J connectivity index is 2.07. The molecule has 0 radical (unpaired) electrons. The van der Waals surface area contributed by atoms with Gasteiger partial charge in [0.25, 0.3) is 17.5 Å². The maximum Gasteiger partial charge on any atom is 0.278 e. The van der Waals surface area contributed by atoms with E-state index in [1.165, 1.54) is 12.1 Å². The molecule has 1 aliphatic rings. The van der Waals surface area contributed by atoms with Crippen molar-refractivity contribution >= 4 is 69.8 Å². The number of amides is 2. The minimum absolute atomic E-state index is 0.0618. The van der Waals surface area contributed by atoms with Crippen molar-refractivity contribution < 1.29 is 14.5 Å². The molecule has 27 heavy (non-hydrogen) atoms. The molecule has 1 fully saturated rings. The fourth-order valence-corrected chi connectivity index (χ4v) is 3.01. The Morgan fingerprint density at radius 1 is 1.07 bits per heavy atom. The second-order valence-electron chi connectivity index (χ2n) is 5.39. The first-order valence-corrected chi connectivity index (χ1v) is 8.55. The van der Waals surface area contributed by atoms with Gasteiger partial charge in [-0.15, -0.1) is 0 Å². The van der Waals surface area contributed by atoms with E-state index in [-0.39, 0.29) is 27.0 Å². The highest BCUT2D eigenvalue weighted by Gasteiger charge is 2.35. The summed E-state index contributed by atoms with van der Waals surface area (Å²) in [4.78, 5) is 36.8. The van der Waals surface area contributed by atoms with Gasteiger partial charge in [0.2, 0.25) is 0 Å². The third-order valence-corrected chi connectivity index (χ3v) is 4.45. The summed E-state index contributed by atoms with van der Waals surface area (Å²) in [5.41, 5.74) is -0.177. The Kier molecular flexibility index (Phi) is 5.22. The molecule has 1 aliphatic heterocycles. The fraction of sp³-hybridized carbons (Fsp3) is 0. The molecule has 0 aromatic heterocycles. The van der Waals surface area contributed by atoms with Crippen molar-refractivity contribution in [2.24, 2.45) is 0 Å². The average Bonchev–Trinajstić information content (AvgIpc) is 2.61. The van der Waals surface area contributed by atoms with Gasteiger partial charge in [-0.25, -0.2) is 0 Å². The van der Waals surface area contributed by atoms with Crippen molar-refractivity contribution in [1.82, 2.24) is 5.32 Å². The molecule has 2 aromatic rings. The molecule has 7 nitrogen and oxygen atoms in total. The van der Waals surface area contributed by atoms with Crippen molar-refractivity contribution in [3.05, 3.63) is 73.8 Å². The first-order valence-electron chi connectivity index (χ1n) is 7.39. The number of carbonyl (C=O) groups is 2. The second-order valence-corrected chi connectivity index (χ2v) is 6.65. The molecule has 1 N–H and O–H groups in total. The summed E-state index contributed by atoms with van der Waals surface area (Å²) < 4.78 is 0. The van der Waals surface area contributed by atoms with E-state index in [1.807, 2.05) is 0 Å². The van der Waals surface area contributed by atoms with E-state index in [0.29, 0.717) is 10.7 Å². The lowest BCUT2D eigenvalue weighted by atomic mass is 10.1. The number of carbonyl (C=O) groups excluding carboxylic acids is 2. The van der Waals surface area contributed by atoms with Crippen LogP contribution in [0.2, 0.25) is 10.0 Å². The van der Waals surface area contributed by atoms with Crippen molar-refractivity contribution in [3.8, 4) is 0 Å². The van der Waals surface area contributed by atoms with Crippen LogP contribution >= 0.6 is 35.4 Å². The number of halogens is 2. The zero-order valence-corrected chi connectivity index (χ0v) is 15.6. The minimum Gasteiger partial charge on any atom is -0.298 e. The number of anilines is 1. The average molecular weight is 422 g/mol. The number of thiocarbonyl (C=S) groups is 1. The highest BCUT2D eigenvalue weighted by molar-refractivity contribution is 7.80. The number of nitrogens with one attached hydrogen (secondary N) is 1. The first-order chi connectivity index (χ1) is 12.8. The standard InChI is InChI=1S/C17H9Cl2N3O4S/c18-10-3-5-12(6-4-10)21-16(24)13(15(23)20-17(21)27)7-9-1-2-11(19)8-14(9)22(25)26/h1-8H,(H,20,23,27)/b13-7+. The van der Waals surface area contributed by atoms with Crippen LogP contribution < -0.4 is 10.2 Å². The van der Waals surface area contributed by atoms with Gasteiger partial charge < -0.3 is 0 Å². The summed E-state index contributed by atoms with van der Waals surface area (Å²) >= 11 is 16.7. The van der Waals surface area contributed by atoms with E-state index < -0.39 is 16.7 Å². The smallest absolute Gasteiger partial charge is 0.278 e. The van der Waals surface area contributed by atoms with Crippen LogP contribution in [0.3, 0.4) is 0 Å². The SMILES string of the molecule is O=C1NC(=S)N(c2ccc(Cl)cc2)C(=O)/C1=C/c1ccc(Cl)cc1[N+](=O)[O-]. The Morgan fingerprint density at radius 2 is 1.70 bits per heavy atom. The number of rotatable bonds is 3. The van der Waals surface area contributed by atoms with Gasteiger partial charge in [-0.1, -0.05) is 23.2 Å². The van der Waals surface area contributed by atoms with Gasteiger partial charge in [0.1, 0.15) is 5.57 Å². The van der Waals surface area contributed by atoms with Crippen LogP contribution in [0.15, 0.2) is 48.0 Å². The predicted octanol–water partition coefficient (Wildman–Crippen LogP) is 3.73. The Morgan fingerprint density at radius 3 is 2.33 bits per heavy atom. The minimum atomic E-state index is -0.750. The highest BCUT2D eigenvalue weighted by atomic mass is 35.5. The zero-order valence-electron chi connectivity index (χ0n) is 13.3. The Bertz CT molecular complexity index is 1020. The van der Waals surface area contributed by atoms with Crippen LogP contribution in [-0.2, 0) is 9.59 Å². The molecule has 136 valence electrons. The molecular formula is C17H9Cl2N3O4S. The van der Waals surface area contributed by atoms with E-state index in [0.717, 1.165) is 17.0 Å². The quantitative estimate of drug-likeness (QED) is 0.268. The van der Waals surface area contributed by atoms with Crippen LogP contribution in [0.5, 0.6) is 0 Å². The zero-order chi connectivity index (χ0) is 19.7. The normalized spacial score (nSPS) is 15.9. The number of nitrogens with zero attached hydrogens (tertiary/aromatic N) is 2. The maximum atomic E-state index is 12.9. The molecule has 1 heterocycles. The molecule has 2 amide bonds. The third-order valence-electron chi connectivity index (χ3n) is 3.68. The summed E-state index contributed by atoms with van der Waals surface area (Å²) in [5, 5.41) is 14.2. The molecule has 0 unspecified atom stereocenters. The van der Waals surface area contributed by atoms with E-state index >= 15 is 0 Å². The molecule has 1 saturated heterocycles. The highest BCUT2D eigenvalue weighted by Crippen LogP contribution is 2.28. The van der Waals surface area contributed by atoms with E-state index in [9.17, 15) is 19.7 Å². The Labute approximate surface area is 168 Å². The van der Waals surface area contributed by atoms with Crippen LogP contribution in [0.25, 0.3) is 6.08 Å². The van der Waals surface area contributed by atoms with Crippen molar-refractivity contribution in [3.63, 3.8) is 0 Å². The first kappa shape index (κ1) is 19.0. The van der Waals surface area contributed by atoms with Crippen molar-refractivity contribution in [2.45, 2.75) is 0 Å². The van der Waals surface area contributed by atoms with E-state index in [4.69, 9.17) is 35.4 Å². The lowest BCUT2D eigenvalue weighted by Crippen LogP contribution is -2.54. The molecular weight excluding hydrogens is 413 g/mol. The second kappa shape index (κ2) is 7.43. The maximum absolute atomic E-state index is 12.9. The summed E-state index contributed by atoms with van der Waals surface area (Å²) in [6.07, 6.45) is 1.14. The van der Waals surface area contributed by atoms with Crippen LogP contribution in [0.4, 0.5) is 11.4 Å². The lowest BCUT2D eigenvalue weighted by molar-refractivity contribution is -0.385. The molecule has 0 bridgehead atoms. The summed E-state index contributed by atoms with van der Waals surface area (Å²) in [5.74, 6) is -1.46. The molecule has 0 spiro atoms. The molecule has 0 saturated carbocycles. The number of nitro groups is 1. The summed E-state index contributed by atoms with van der Waals surface area (Å²) in [6.45, 7) is 0. The van der Waals surface area contributed by atoms with Crippen LogP contribution in [0, 0.1) is 10.1 Å². The van der Waals surface area contributed by atoms with Gasteiger partial charge >= 0.3 is 0 Å². The van der Waals surface area contributed by atoms with Crippen LogP contribution in [0.1, 0.15) is 5.56 Å². The van der Waals surface area contributed by atoms with Crippen molar-refractivity contribution in [1.29, 1.82) is 0 Å². The number of hydrogen-bond donors (Lipinski definition) is 1. The number of nitro benzene ring substituents is 1. The molecule has 2 aromatic carbocycles. The molecule has 0 atom stereocenters. The van der Waals surface area contributed by atoms with Gasteiger partial charge in [0, 0.05) is 16.1 Å². The topological polar surface area (TPSA) is 92.6 Å². The summed E-state index contributed by atoms with van der Waals surface area (Å²) in [6, 6.07) is 10.2. The molecule has 3 rings (SSSR count). The van der Waals surface area contributed by atoms with E-state index in [1.54, 1.807) is 24.3 Å². The van der Waals surface area contributed by atoms with Crippen LogP contribution in [-0.4, -0.2) is 21.9 Å². The van der Waals surface area contributed by atoms with Gasteiger partial charge in [-0.3, -0.25) is 29.9 Å². The predicted molar refractivity (Wildman–Crippen MR) is 106 cm³/mol. The van der Waals surface area contributed by atoms with Gasteiger partial charge in [-0.2, -0.15) is 0 Å². The largest absolute Gasteiger partial charge is 0.298 e. The van der Waals surface area contributed by atoms with Gasteiger partial charge in [0.15, 0.2) is 5.11 Å². The lowest BCUT2D eigenvalue weighted by Gasteiger charge is -2.28. The summed E-state index contributed by atoms with van der Waals surface area (Å²) in [7, 11) is 0.